The van der Waals surface area contributed by atoms with Gasteiger partial charge in [-0.1, -0.05) is 26.0 Å². The number of carbonyl (C=O) groups excluding carboxylic acids is 2. The normalized spacial score (nSPS) is 10.3. The van der Waals surface area contributed by atoms with Crippen LogP contribution in [0, 0.1) is 5.92 Å². The molecule has 2 aromatic rings. The summed E-state index contributed by atoms with van der Waals surface area (Å²) >= 11 is 3.32. The lowest BCUT2D eigenvalue weighted by Crippen LogP contribution is -2.41. The van der Waals surface area contributed by atoms with Gasteiger partial charge in [0.25, 0.3) is 11.8 Å². The Morgan fingerprint density at radius 1 is 1.04 bits per heavy atom. The molecule has 0 radical (unpaired) electrons. The molecule has 2 N–H and O–H groups in total. The van der Waals surface area contributed by atoms with Crippen molar-refractivity contribution in [1.82, 2.24) is 10.9 Å². The molecule has 26 heavy (non-hydrogen) atoms. The molecule has 0 saturated carbocycles. The lowest BCUT2D eigenvalue weighted by molar-refractivity contribution is 0.0844. The number of rotatable bonds is 6. The van der Waals surface area contributed by atoms with Crippen molar-refractivity contribution in [2.45, 2.75) is 13.8 Å². The van der Waals surface area contributed by atoms with E-state index in [1.54, 1.807) is 49.6 Å². The number of amides is 2. The number of halogens is 1. The number of ether oxygens (including phenoxy) is 2. The van der Waals surface area contributed by atoms with Crippen LogP contribution in [0.5, 0.6) is 11.5 Å². The molecule has 2 aromatic carbocycles. The summed E-state index contributed by atoms with van der Waals surface area (Å²) in [5.74, 6) is 0.522. The van der Waals surface area contributed by atoms with Crippen LogP contribution in [0.1, 0.15) is 34.6 Å². The topological polar surface area (TPSA) is 76.7 Å². The molecule has 2 rings (SSSR count). The summed E-state index contributed by atoms with van der Waals surface area (Å²) in [4.78, 5) is 24.6. The lowest BCUT2D eigenvalue weighted by atomic mass is 10.2. The van der Waals surface area contributed by atoms with Crippen LogP contribution in [0.25, 0.3) is 0 Å². The Morgan fingerprint density at radius 2 is 1.73 bits per heavy atom. The first kappa shape index (κ1) is 19.8. The van der Waals surface area contributed by atoms with Gasteiger partial charge in [0.1, 0.15) is 11.5 Å². The van der Waals surface area contributed by atoms with E-state index in [-0.39, 0.29) is 0 Å². The standard InChI is InChI=1S/C19H21BrN2O4/c1-12(2)11-26-16-7-5-4-6-14(16)19(24)22-21-18(23)13-8-9-17(25-3)15(20)10-13/h4-10,12H,11H2,1-3H3,(H,21,23)(H,22,24). The fourth-order valence-corrected chi connectivity index (χ4v) is 2.64. The molecule has 0 fully saturated rings. The van der Waals surface area contributed by atoms with E-state index in [1.165, 1.54) is 0 Å². The van der Waals surface area contributed by atoms with Gasteiger partial charge in [-0.2, -0.15) is 0 Å². The zero-order valence-electron chi connectivity index (χ0n) is 14.8. The van der Waals surface area contributed by atoms with Gasteiger partial charge >= 0.3 is 0 Å². The summed E-state index contributed by atoms with van der Waals surface area (Å²) < 4.78 is 11.4. The Hall–Kier alpha value is -2.54. The molecule has 0 heterocycles. The fourth-order valence-electron chi connectivity index (χ4n) is 2.10. The van der Waals surface area contributed by atoms with Gasteiger partial charge in [-0.05, 0) is 52.2 Å². The number of nitrogens with one attached hydrogen (secondary N) is 2. The highest BCUT2D eigenvalue weighted by molar-refractivity contribution is 9.10. The van der Waals surface area contributed by atoms with Crippen molar-refractivity contribution < 1.29 is 19.1 Å². The third-order valence-corrected chi connectivity index (χ3v) is 4.03. The van der Waals surface area contributed by atoms with Crippen molar-refractivity contribution in [3.63, 3.8) is 0 Å². The van der Waals surface area contributed by atoms with Gasteiger partial charge in [-0.25, -0.2) is 0 Å². The summed E-state index contributed by atoms with van der Waals surface area (Å²) in [7, 11) is 1.54. The zero-order valence-corrected chi connectivity index (χ0v) is 16.4. The van der Waals surface area contributed by atoms with Crippen LogP contribution in [-0.4, -0.2) is 25.5 Å². The highest BCUT2D eigenvalue weighted by Gasteiger charge is 2.14. The molecule has 0 aliphatic heterocycles. The van der Waals surface area contributed by atoms with E-state index in [9.17, 15) is 9.59 Å². The quantitative estimate of drug-likeness (QED) is 0.700. The average molecular weight is 421 g/mol. The van der Waals surface area contributed by atoms with Crippen LogP contribution < -0.4 is 20.3 Å². The minimum absolute atomic E-state index is 0.333. The van der Waals surface area contributed by atoms with Gasteiger partial charge in [0.15, 0.2) is 0 Å². The van der Waals surface area contributed by atoms with Crippen molar-refractivity contribution in [3.05, 3.63) is 58.1 Å². The minimum atomic E-state index is -0.453. The molecule has 0 unspecified atom stereocenters. The van der Waals surface area contributed by atoms with Crippen molar-refractivity contribution in [2.24, 2.45) is 5.92 Å². The van der Waals surface area contributed by atoms with E-state index in [0.29, 0.717) is 39.6 Å². The Kier molecular flexibility index (Phi) is 7.03. The van der Waals surface area contributed by atoms with Crippen LogP contribution in [0.3, 0.4) is 0 Å². The zero-order chi connectivity index (χ0) is 19.1. The van der Waals surface area contributed by atoms with Crippen LogP contribution >= 0.6 is 15.9 Å². The van der Waals surface area contributed by atoms with Crippen LogP contribution in [-0.2, 0) is 0 Å². The van der Waals surface area contributed by atoms with E-state index in [4.69, 9.17) is 9.47 Å². The lowest BCUT2D eigenvalue weighted by Gasteiger charge is -2.13. The first-order valence-corrected chi connectivity index (χ1v) is 8.87. The molecule has 0 aliphatic rings. The first-order valence-electron chi connectivity index (χ1n) is 8.08. The van der Waals surface area contributed by atoms with Gasteiger partial charge in [-0.15, -0.1) is 0 Å². The molecule has 0 aliphatic carbocycles. The van der Waals surface area contributed by atoms with E-state index in [1.807, 2.05) is 13.8 Å². The third-order valence-electron chi connectivity index (χ3n) is 3.41. The van der Waals surface area contributed by atoms with Crippen LogP contribution in [0.4, 0.5) is 0 Å². The number of benzene rings is 2. The second-order valence-electron chi connectivity index (χ2n) is 5.96. The molecule has 2 amide bonds. The Balaban J connectivity index is 2.02. The van der Waals surface area contributed by atoms with Crippen molar-refractivity contribution in [3.8, 4) is 11.5 Å². The number of methoxy groups -OCH3 is 1. The summed E-state index contributed by atoms with van der Waals surface area (Å²) in [6, 6.07) is 11.8. The fraction of sp³-hybridized carbons (Fsp3) is 0.263. The molecule has 0 saturated heterocycles. The first-order chi connectivity index (χ1) is 12.4. The van der Waals surface area contributed by atoms with Gasteiger partial charge in [-0.3, -0.25) is 20.4 Å². The number of para-hydroxylation sites is 1. The van der Waals surface area contributed by atoms with E-state index in [2.05, 4.69) is 26.8 Å². The molecule has 7 heteroatoms. The van der Waals surface area contributed by atoms with Crippen molar-refractivity contribution in [2.75, 3.05) is 13.7 Å². The second-order valence-corrected chi connectivity index (χ2v) is 6.81. The predicted octanol–water partition coefficient (Wildman–Crippen LogP) is 3.57. The highest BCUT2D eigenvalue weighted by atomic mass is 79.9. The predicted molar refractivity (Wildman–Crippen MR) is 102 cm³/mol. The van der Waals surface area contributed by atoms with E-state index in [0.717, 1.165) is 0 Å². The number of hydrogen-bond donors (Lipinski definition) is 2. The maximum Gasteiger partial charge on any atom is 0.273 e. The maximum atomic E-state index is 12.4. The van der Waals surface area contributed by atoms with Crippen LogP contribution in [0.2, 0.25) is 0 Å². The molecule has 0 atom stereocenters. The number of hydrazine groups is 1. The average Bonchev–Trinajstić information content (AvgIpc) is 2.64. The van der Waals surface area contributed by atoms with Crippen molar-refractivity contribution in [1.29, 1.82) is 0 Å². The summed E-state index contributed by atoms with van der Waals surface area (Å²) in [6.07, 6.45) is 0. The Labute approximate surface area is 161 Å². The molecule has 0 aromatic heterocycles. The minimum Gasteiger partial charge on any atom is -0.496 e. The summed E-state index contributed by atoms with van der Waals surface area (Å²) in [6.45, 7) is 4.54. The number of hydrogen-bond acceptors (Lipinski definition) is 4. The van der Waals surface area contributed by atoms with Gasteiger partial charge in [0.2, 0.25) is 0 Å². The molecule has 138 valence electrons. The molecular weight excluding hydrogens is 400 g/mol. The second kappa shape index (κ2) is 9.24. The Bertz CT molecular complexity index is 793. The largest absolute Gasteiger partial charge is 0.496 e. The van der Waals surface area contributed by atoms with Crippen LogP contribution in [0.15, 0.2) is 46.9 Å². The highest BCUT2D eigenvalue weighted by Crippen LogP contribution is 2.25. The summed E-state index contributed by atoms with van der Waals surface area (Å²) in [5.41, 5.74) is 5.53. The monoisotopic (exact) mass is 420 g/mol. The maximum absolute atomic E-state index is 12.4. The smallest absolute Gasteiger partial charge is 0.273 e. The molecule has 0 spiro atoms. The molecular formula is C19H21BrN2O4. The van der Waals surface area contributed by atoms with E-state index >= 15 is 0 Å². The molecule has 0 bridgehead atoms. The summed E-state index contributed by atoms with van der Waals surface area (Å²) in [5, 5.41) is 0. The molecule has 6 nitrogen and oxygen atoms in total. The van der Waals surface area contributed by atoms with Gasteiger partial charge in [0.05, 0.1) is 23.8 Å². The van der Waals surface area contributed by atoms with Crippen molar-refractivity contribution >= 4 is 27.7 Å². The van der Waals surface area contributed by atoms with E-state index < -0.39 is 11.8 Å². The third kappa shape index (κ3) is 5.23. The number of carbonyl (C=O) groups is 2. The Morgan fingerprint density at radius 3 is 2.38 bits per heavy atom. The SMILES string of the molecule is COc1ccc(C(=O)NNC(=O)c2ccccc2OCC(C)C)cc1Br. The van der Waals surface area contributed by atoms with Gasteiger partial charge in [0, 0.05) is 5.56 Å². The van der Waals surface area contributed by atoms with Gasteiger partial charge < -0.3 is 9.47 Å².